The number of carboxylic acid groups (broad SMARTS) is 1. The van der Waals surface area contributed by atoms with Crippen LogP contribution in [0.1, 0.15) is 65.2 Å². The molecule has 6 atom stereocenters. The zero-order chi connectivity index (χ0) is 18.4. The van der Waals surface area contributed by atoms with Crippen molar-refractivity contribution in [2.45, 2.75) is 71.3 Å². The van der Waals surface area contributed by atoms with Crippen molar-refractivity contribution < 1.29 is 19.8 Å². The molecule has 0 aromatic heterocycles. The molecule has 4 aliphatic carbocycles. The maximum Gasteiger partial charge on any atom is 0.401 e. The zero-order valence-electron chi connectivity index (χ0n) is 15.1. The highest BCUT2D eigenvalue weighted by atomic mass is 35.5. The third-order valence-corrected chi connectivity index (χ3v) is 7.91. The molecule has 0 unspecified atom stereocenters. The van der Waals surface area contributed by atoms with Crippen molar-refractivity contribution in [3.05, 3.63) is 11.6 Å². The smallest absolute Gasteiger partial charge is 0.401 e. The summed E-state index contributed by atoms with van der Waals surface area (Å²) in [5.41, 5.74) is 0.525. The summed E-state index contributed by atoms with van der Waals surface area (Å²) < 4.78 is 0. The van der Waals surface area contributed by atoms with Gasteiger partial charge in [-0.25, -0.2) is 4.79 Å². The Morgan fingerprint density at radius 2 is 1.80 bits per heavy atom. The minimum absolute atomic E-state index is 0.0823. The topological polar surface area (TPSA) is 74.6 Å². The lowest BCUT2D eigenvalue weighted by Crippen LogP contribution is -2.51. The van der Waals surface area contributed by atoms with Gasteiger partial charge in [-0.2, -0.15) is 0 Å². The van der Waals surface area contributed by atoms with Crippen LogP contribution in [0.25, 0.3) is 0 Å². The van der Waals surface area contributed by atoms with Crippen LogP contribution in [0.15, 0.2) is 11.6 Å². The van der Waals surface area contributed by atoms with Crippen LogP contribution in [0.2, 0.25) is 0 Å². The van der Waals surface area contributed by atoms with Gasteiger partial charge in [0.15, 0.2) is 5.78 Å². The molecule has 0 amide bonds. The van der Waals surface area contributed by atoms with E-state index in [-0.39, 0.29) is 16.9 Å². The molecule has 0 bridgehead atoms. The summed E-state index contributed by atoms with van der Waals surface area (Å²) in [7, 11) is 0. The van der Waals surface area contributed by atoms with E-state index in [9.17, 15) is 9.90 Å². The first-order valence-corrected chi connectivity index (χ1v) is 9.86. The monoisotopic (exact) mass is 368 g/mol. The third kappa shape index (κ3) is 3.16. The fraction of sp³-hybridized carbons (Fsp3) is 0.800. The van der Waals surface area contributed by atoms with E-state index in [1.165, 1.54) is 31.3 Å². The molecule has 2 N–H and O–H groups in total. The number of carbonyl (C=O) groups excluding carboxylic acids is 1. The molecule has 0 saturated heterocycles. The van der Waals surface area contributed by atoms with Crippen molar-refractivity contribution in [1.29, 1.82) is 0 Å². The highest BCUT2D eigenvalue weighted by Crippen LogP contribution is 2.65. The second-order valence-corrected chi connectivity index (χ2v) is 9.18. The molecule has 4 aliphatic rings. The predicted molar refractivity (Wildman–Crippen MR) is 96.6 cm³/mol. The summed E-state index contributed by atoms with van der Waals surface area (Å²) in [4.78, 5) is 20.6. The van der Waals surface area contributed by atoms with E-state index >= 15 is 0 Å². The van der Waals surface area contributed by atoms with Gasteiger partial charge in [0.25, 0.3) is 0 Å². The Bertz CT molecular complexity index is 597. The third-order valence-electron chi connectivity index (χ3n) is 7.91. The highest BCUT2D eigenvalue weighted by Gasteiger charge is 2.58. The van der Waals surface area contributed by atoms with Crippen LogP contribution >= 0.6 is 11.6 Å². The van der Waals surface area contributed by atoms with Gasteiger partial charge in [-0.3, -0.25) is 4.79 Å². The molecule has 140 valence electrons. The molecule has 0 heterocycles. The van der Waals surface area contributed by atoms with Crippen LogP contribution in [0.5, 0.6) is 0 Å². The van der Waals surface area contributed by atoms with E-state index in [2.05, 4.69) is 25.4 Å². The van der Waals surface area contributed by atoms with Gasteiger partial charge in [-0.05, 0) is 79.6 Å². The summed E-state index contributed by atoms with van der Waals surface area (Å²) in [6, 6.07) is 0. The number of ketones is 1. The first-order valence-electron chi connectivity index (χ1n) is 9.49. The van der Waals surface area contributed by atoms with Gasteiger partial charge in [-0.15, -0.1) is 0 Å². The van der Waals surface area contributed by atoms with E-state index in [4.69, 9.17) is 9.90 Å². The highest BCUT2D eigenvalue weighted by molar-refractivity contribution is 6.60. The Balaban J connectivity index is 0.000000415. The Kier molecular flexibility index (Phi) is 5.06. The molecule has 0 aliphatic heterocycles. The first-order chi connectivity index (χ1) is 11.7. The van der Waals surface area contributed by atoms with Crippen molar-refractivity contribution in [3.8, 4) is 0 Å². The van der Waals surface area contributed by atoms with Crippen LogP contribution in [-0.2, 0) is 4.79 Å². The number of hydrogen-bond donors (Lipinski definition) is 2. The number of carbonyl (C=O) groups is 2. The Morgan fingerprint density at radius 1 is 1.12 bits per heavy atom. The van der Waals surface area contributed by atoms with Crippen molar-refractivity contribution in [2.24, 2.45) is 28.6 Å². The van der Waals surface area contributed by atoms with E-state index in [1.807, 2.05) is 6.08 Å². The first kappa shape index (κ1) is 18.9. The Morgan fingerprint density at radius 3 is 2.48 bits per heavy atom. The van der Waals surface area contributed by atoms with Crippen molar-refractivity contribution in [3.63, 3.8) is 0 Å². The number of aliphatic hydroxyl groups excluding tert-OH is 1. The number of allylic oxidation sites excluding steroid dienone is 1. The molecule has 0 spiro atoms. The van der Waals surface area contributed by atoms with Crippen molar-refractivity contribution in [2.75, 3.05) is 0 Å². The molecule has 4 rings (SSSR count). The molecular weight excluding hydrogens is 340 g/mol. The molecule has 0 aromatic carbocycles. The zero-order valence-corrected chi connectivity index (χ0v) is 15.9. The quantitative estimate of drug-likeness (QED) is 0.603. The molecule has 0 aromatic rings. The Labute approximate surface area is 154 Å². The maximum atomic E-state index is 11.8. The normalized spacial score (nSPS) is 45.3. The van der Waals surface area contributed by atoms with Crippen molar-refractivity contribution >= 4 is 22.8 Å². The molecular formula is C20H29ClO4. The lowest BCUT2D eigenvalue weighted by molar-refractivity contribution is -0.118. The van der Waals surface area contributed by atoms with Gasteiger partial charge >= 0.3 is 5.43 Å². The standard InChI is InChI=1S/C19H28O2.CHClO2/c1-18-9-7-13(20)11-12(18)3-4-14-15-5-6-17(21)19(15,2)10-8-16(14)18;2-1(3)4/h11,14-17,21H,3-10H2,1-2H3;(H,3,4)/t14-,15-,16-,17-,18-,19-;/m0./s1. The van der Waals surface area contributed by atoms with Gasteiger partial charge in [0.1, 0.15) is 0 Å². The number of hydrogen-bond acceptors (Lipinski definition) is 3. The van der Waals surface area contributed by atoms with Gasteiger partial charge in [0.2, 0.25) is 0 Å². The molecule has 0 radical (unpaired) electrons. The lowest BCUT2D eigenvalue weighted by atomic mass is 9.47. The summed E-state index contributed by atoms with van der Waals surface area (Å²) in [6.07, 6.45) is 10.7. The number of fused-ring (bicyclic) bond motifs is 5. The SMILES string of the molecule is C[C@]12CC[C@H]3[C@@H](CCC4=CC(=O)CC[C@@]43C)[C@@H]1CC[C@@H]2O.O=C(O)Cl. The van der Waals surface area contributed by atoms with Gasteiger partial charge in [-0.1, -0.05) is 19.4 Å². The molecule has 25 heavy (non-hydrogen) atoms. The predicted octanol–water partition coefficient (Wildman–Crippen LogP) is 4.78. The second-order valence-electron chi connectivity index (χ2n) is 8.86. The fourth-order valence-corrected chi connectivity index (χ4v) is 6.53. The van der Waals surface area contributed by atoms with E-state index in [1.54, 1.807) is 0 Å². The average Bonchev–Trinajstić information content (AvgIpc) is 2.83. The molecule has 4 nitrogen and oxygen atoms in total. The number of rotatable bonds is 0. The summed E-state index contributed by atoms with van der Waals surface area (Å²) in [5.74, 6) is 2.57. The average molecular weight is 369 g/mol. The van der Waals surface area contributed by atoms with Gasteiger partial charge in [0, 0.05) is 18.0 Å². The molecule has 3 fully saturated rings. The maximum absolute atomic E-state index is 11.8. The summed E-state index contributed by atoms with van der Waals surface area (Å²) in [6.45, 7) is 4.76. The van der Waals surface area contributed by atoms with E-state index in [0.717, 1.165) is 37.5 Å². The van der Waals surface area contributed by atoms with Crippen LogP contribution < -0.4 is 0 Å². The Hall–Kier alpha value is -0.870. The largest absolute Gasteiger partial charge is 0.469 e. The van der Waals surface area contributed by atoms with Gasteiger partial charge < -0.3 is 10.2 Å². The van der Waals surface area contributed by atoms with Crippen LogP contribution in [-0.4, -0.2) is 27.5 Å². The number of aliphatic hydroxyl groups is 1. The summed E-state index contributed by atoms with van der Waals surface area (Å²) in [5, 5.41) is 17.6. The minimum atomic E-state index is -1.36. The summed E-state index contributed by atoms with van der Waals surface area (Å²) >= 11 is 4.19. The lowest BCUT2D eigenvalue weighted by Gasteiger charge is -2.57. The minimum Gasteiger partial charge on any atom is -0.469 e. The van der Waals surface area contributed by atoms with E-state index in [0.29, 0.717) is 11.7 Å². The van der Waals surface area contributed by atoms with E-state index < -0.39 is 5.43 Å². The van der Waals surface area contributed by atoms with Crippen molar-refractivity contribution in [1.82, 2.24) is 0 Å². The fourth-order valence-electron chi connectivity index (χ4n) is 6.53. The van der Waals surface area contributed by atoms with Gasteiger partial charge in [0.05, 0.1) is 6.10 Å². The van der Waals surface area contributed by atoms with Crippen LogP contribution in [0.4, 0.5) is 4.79 Å². The number of halogens is 1. The van der Waals surface area contributed by atoms with Crippen LogP contribution in [0.3, 0.4) is 0 Å². The van der Waals surface area contributed by atoms with Crippen LogP contribution in [0, 0.1) is 28.6 Å². The molecule has 3 saturated carbocycles. The molecule has 5 heteroatoms. The second kappa shape index (κ2) is 6.70.